The molecule has 8 heteroatoms. The molecule has 0 unspecified atom stereocenters. The van der Waals surface area contributed by atoms with E-state index in [1.165, 1.54) is 11.9 Å². The number of nitrogens with two attached hydrogens (primary N) is 1. The summed E-state index contributed by atoms with van der Waals surface area (Å²) in [6, 6.07) is 6.35. The molecular formula is C17H23N3O5. The van der Waals surface area contributed by atoms with E-state index in [1.807, 2.05) is 13.0 Å². The van der Waals surface area contributed by atoms with E-state index in [-0.39, 0.29) is 13.2 Å². The van der Waals surface area contributed by atoms with Crippen LogP contribution in [0.4, 0.5) is 0 Å². The molecule has 0 fully saturated rings. The molecule has 1 aliphatic heterocycles. The normalized spacial score (nSPS) is 16.6. The lowest BCUT2D eigenvalue weighted by atomic mass is 10.1. The summed E-state index contributed by atoms with van der Waals surface area (Å²) < 4.78 is 11.0. The zero-order valence-electron chi connectivity index (χ0n) is 14.4. The molecule has 136 valence electrons. The Balaban J connectivity index is 1.87. The van der Waals surface area contributed by atoms with Gasteiger partial charge >= 0.3 is 0 Å². The highest BCUT2D eigenvalue weighted by Gasteiger charge is 2.29. The average Bonchev–Trinajstić information content (AvgIpc) is 2.62. The third kappa shape index (κ3) is 4.62. The monoisotopic (exact) mass is 349 g/mol. The molecule has 0 saturated carbocycles. The van der Waals surface area contributed by atoms with E-state index in [2.05, 4.69) is 5.32 Å². The van der Waals surface area contributed by atoms with Crippen LogP contribution in [-0.4, -0.2) is 55.0 Å². The number of nitrogens with one attached hydrogen (secondary N) is 1. The van der Waals surface area contributed by atoms with Crippen LogP contribution in [0.3, 0.4) is 0 Å². The van der Waals surface area contributed by atoms with E-state index >= 15 is 0 Å². The number of amides is 3. The number of hydrogen-bond acceptors (Lipinski definition) is 5. The zero-order valence-corrected chi connectivity index (χ0v) is 14.4. The molecule has 2 atom stereocenters. The molecule has 0 saturated heterocycles. The minimum Gasteiger partial charge on any atom is -0.485 e. The standard InChI is InChI=1S/C17H23N3O5/c1-3-6-11(16(18)22)20(2)15(21)9-19-17(23)14-10-24-12-7-4-5-8-13(12)25-14/h4-5,7-8,11,14H,3,6,9-10H2,1-2H3,(H2,18,22)(H,19,23)/t11-,14-/m0/s1. The maximum Gasteiger partial charge on any atom is 0.265 e. The highest BCUT2D eigenvalue weighted by molar-refractivity contribution is 5.90. The Morgan fingerprint density at radius 2 is 2.00 bits per heavy atom. The number of carbonyl (C=O) groups excluding carboxylic acids is 3. The van der Waals surface area contributed by atoms with E-state index in [1.54, 1.807) is 18.2 Å². The molecule has 0 aliphatic carbocycles. The third-order valence-corrected chi connectivity index (χ3v) is 3.97. The summed E-state index contributed by atoms with van der Waals surface area (Å²) in [7, 11) is 1.50. The number of carbonyl (C=O) groups is 3. The first-order chi connectivity index (χ1) is 11.9. The quantitative estimate of drug-likeness (QED) is 0.723. The lowest BCUT2D eigenvalue weighted by Crippen LogP contribution is -2.51. The first-order valence-corrected chi connectivity index (χ1v) is 8.15. The van der Waals surface area contributed by atoms with E-state index in [9.17, 15) is 14.4 Å². The summed E-state index contributed by atoms with van der Waals surface area (Å²) in [5.41, 5.74) is 5.32. The molecule has 3 amide bonds. The van der Waals surface area contributed by atoms with Gasteiger partial charge in [-0.25, -0.2) is 0 Å². The van der Waals surface area contributed by atoms with Crippen molar-refractivity contribution in [3.63, 3.8) is 0 Å². The molecule has 1 aliphatic rings. The number of fused-ring (bicyclic) bond motifs is 1. The summed E-state index contributed by atoms with van der Waals surface area (Å²) in [5, 5.41) is 2.51. The van der Waals surface area contributed by atoms with Crippen molar-refractivity contribution in [2.24, 2.45) is 5.73 Å². The lowest BCUT2D eigenvalue weighted by molar-refractivity contribution is -0.139. The van der Waals surface area contributed by atoms with Gasteiger partial charge in [-0.05, 0) is 18.6 Å². The van der Waals surface area contributed by atoms with E-state index in [4.69, 9.17) is 15.2 Å². The molecular weight excluding hydrogens is 326 g/mol. The number of primary amides is 1. The summed E-state index contributed by atoms with van der Waals surface area (Å²) in [6.45, 7) is 1.71. The second-order valence-electron chi connectivity index (χ2n) is 5.79. The van der Waals surface area contributed by atoms with Crippen LogP contribution >= 0.6 is 0 Å². The first-order valence-electron chi connectivity index (χ1n) is 8.15. The average molecular weight is 349 g/mol. The van der Waals surface area contributed by atoms with Gasteiger partial charge in [0.1, 0.15) is 12.6 Å². The van der Waals surface area contributed by atoms with Gasteiger partial charge in [-0.1, -0.05) is 25.5 Å². The van der Waals surface area contributed by atoms with Crippen molar-refractivity contribution < 1.29 is 23.9 Å². The molecule has 1 aromatic carbocycles. The van der Waals surface area contributed by atoms with Crippen molar-refractivity contribution in [2.75, 3.05) is 20.2 Å². The van der Waals surface area contributed by atoms with Crippen molar-refractivity contribution in [3.05, 3.63) is 24.3 Å². The topological polar surface area (TPSA) is 111 Å². The lowest BCUT2D eigenvalue weighted by Gasteiger charge is -2.27. The van der Waals surface area contributed by atoms with Gasteiger partial charge in [0.25, 0.3) is 5.91 Å². The molecule has 8 nitrogen and oxygen atoms in total. The van der Waals surface area contributed by atoms with Gasteiger partial charge in [0.2, 0.25) is 17.9 Å². The Morgan fingerprint density at radius 3 is 2.64 bits per heavy atom. The van der Waals surface area contributed by atoms with Gasteiger partial charge in [-0.15, -0.1) is 0 Å². The Hall–Kier alpha value is -2.77. The molecule has 2 rings (SSSR count). The molecule has 25 heavy (non-hydrogen) atoms. The van der Waals surface area contributed by atoms with Gasteiger partial charge in [-0.3, -0.25) is 14.4 Å². The Labute approximate surface area is 146 Å². The number of hydrogen-bond donors (Lipinski definition) is 2. The van der Waals surface area contributed by atoms with Gasteiger partial charge in [0.15, 0.2) is 11.5 Å². The zero-order chi connectivity index (χ0) is 18.4. The summed E-state index contributed by atoms with van der Waals surface area (Å²) in [6.07, 6.45) is 0.349. The number of nitrogens with zero attached hydrogens (tertiary/aromatic N) is 1. The van der Waals surface area contributed by atoms with Crippen LogP contribution in [-0.2, 0) is 14.4 Å². The van der Waals surface area contributed by atoms with Gasteiger partial charge in [-0.2, -0.15) is 0 Å². The Morgan fingerprint density at radius 1 is 1.32 bits per heavy atom. The fourth-order valence-electron chi connectivity index (χ4n) is 2.52. The van der Waals surface area contributed by atoms with Crippen LogP contribution in [0, 0.1) is 0 Å². The maximum atomic E-state index is 12.2. The third-order valence-electron chi connectivity index (χ3n) is 3.97. The Bertz CT molecular complexity index is 649. The number of likely N-dealkylation sites (N-methyl/N-ethyl adjacent to an activating group) is 1. The molecule has 1 aromatic rings. The predicted molar refractivity (Wildman–Crippen MR) is 90.0 cm³/mol. The van der Waals surface area contributed by atoms with Crippen LogP contribution in [0.5, 0.6) is 11.5 Å². The predicted octanol–water partition coefficient (Wildman–Crippen LogP) is 0.0550. The van der Waals surface area contributed by atoms with Crippen LogP contribution < -0.4 is 20.5 Å². The molecule has 0 spiro atoms. The first kappa shape index (κ1) is 18.6. The van der Waals surface area contributed by atoms with Gasteiger partial charge in [0.05, 0.1) is 6.54 Å². The minimum absolute atomic E-state index is 0.0621. The van der Waals surface area contributed by atoms with Gasteiger partial charge < -0.3 is 25.4 Å². The molecule has 0 bridgehead atoms. The fraction of sp³-hybridized carbons (Fsp3) is 0.471. The number of ether oxygens (including phenoxy) is 2. The van der Waals surface area contributed by atoms with Crippen molar-refractivity contribution >= 4 is 17.7 Å². The summed E-state index contributed by atoms with van der Waals surface area (Å²) in [5.74, 6) is -0.366. The van der Waals surface area contributed by atoms with E-state index in [0.717, 1.165) is 0 Å². The fourth-order valence-corrected chi connectivity index (χ4v) is 2.52. The van der Waals surface area contributed by atoms with Crippen LogP contribution in [0.1, 0.15) is 19.8 Å². The Kier molecular flexibility index (Phi) is 6.21. The number of benzene rings is 1. The second kappa shape index (κ2) is 8.36. The van der Waals surface area contributed by atoms with E-state index < -0.39 is 29.9 Å². The SMILES string of the molecule is CCC[C@@H](C(N)=O)N(C)C(=O)CNC(=O)[C@@H]1COc2ccccc2O1. The summed E-state index contributed by atoms with van der Waals surface area (Å²) >= 11 is 0. The van der Waals surface area contributed by atoms with Crippen molar-refractivity contribution in [3.8, 4) is 11.5 Å². The second-order valence-corrected chi connectivity index (χ2v) is 5.79. The highest BCUT2D eigenvalue weighted by Crippen LogP contribution is 2.30. The molecule has 1 heterocycles. The largest absolute Gasteiger partial charge is 0.485 e. The maximum absolute atomic E-state index is 12.2. The molecule has 3 N–H and O–H groups in total. The van der Waals surface area contributed by atoms with Crippen molar-refractivity contribution in [2.45, 2.75) is 31.9 Å². The van der Waals surface area contributed by atoms with Crippen molar-refractivity contribution in [1.29, 1.82) is 0 Å². The van der Waals surface area contributed by atoms with Gasteiger partial charge in [0, 0.05) is 7.05 Å². The van der Waals surface area contributed by atoms with Crippen LogP contribution in [0.25, 0.3) is 0 Å². The molecule has 0 radical (unpaired) electrons. The minimum atomic E-state index is -0.837. The summed E-state index contributed by atoms with van der Waals surface area (Å²) in [4.78, 5) is 37.1. The van der Waals surface area contributed by atoms with E-state index in [0.29, 0.717) is 24.3 Å². The van der Waals surface area contributed by atoms with Crippen LogP contribution in [0.15, 0.2) is 24.3 Å². The number of rotatable bonds is 7. The van der Waals surface area contributed by atoms with Crippen LogP contribution in [0.2, 0.25) is 0 Å². The smallest absolute Gasteiger partial charge is 0.265 e. The molecule has 0 aromatic heterocycles. The number of para-hydroxylation sites is 2. The van der Waals surface area contributed by atoms with Crippen molar-refractivity contribution in [1.82, 2.24) is 10.2 Å². The highest BCUT2D eigenvalue weighted by atomic mass is 16.6.